The average Bonchev–Trinajstić information content (AvgIpc) is 1.90. The second-order valence-electron chi connectivity index (χ2n) is 1.58. The molecular formula is C6H12NOS. The van der Waals surface area contributed by atoms with Crippen molar-refractivity contribution < 1.29 is 4.79 Å². The van der Waals surface area contributed by atoms with Crippen LogP contribution in [-0.4, -0.2) is 23.2 Å². The Morgan fingerprint density at radius 3 is 2.11 bits per heavy atom. The smallest absolute Gasteiger partial charge is 0.281 e. The van der Waals surface area contributed by atoms with E-state index >= 15 is 0 Å². The van der Waals surface area contributed by atoms with Gasteiger partial charge in [0, 0.05) is 19.3 Å². The van der Waals surface area contributed by atoms with Crippen LogP contribution in [-0.2, 0) is 0 Å². The highest BCUT2D eigenvalue weighted by atomic mass is 32.2. The van der Waals surface area contributed by atoms with E-state index in [2.05, 4.69) is 6.26 Å². The van der Waals surface area contributed by atoms with Crippen LogP contribution in [0.25, 0.3) is 0 Å². The highest BCUT2D eigenvalue weighted by molar-refractivity contribution is 8.14. The van der Waals surface area contributed by atoms with E-state index in [9.17, 15) is 4.79 Å². The number of thioether (sulfide) groups is 1. The van der Waals surface area contributed by atoms with Crippen molar-refractivity contribution >= 4 is 17.0 Å². The normalized spacial score (nSPS) is 9.22. The van der Waals surface area contributed by atoms with Gasteiger partial charge in [-0.15, -0.1) is 0 Å². The Balaban J connectivity index is 3.64. The van der Waals surface area contributed by atoms with Gasteiger partial charge in [0.1, 0.15) is 0 Å². The first-order valence-electron chi connectivity index (χ1n) is 2.97. The van der Waals surface area contributed by atoms with Crippen molar-refractivity contribution in [2.75, 3.05) is 13.1 Å². The zero-order chi connectivity index (χ0) is 7.28. The summed E-state index contributed by atoms with van der Waals surface area (Å²) in [7, 11) is 0. The number of amides is 1. The summed E-state index contributed by atoms with van der Waals surface area (Å²) in [5.74, 6) is 0. The summed E-state index contributed by atoms with van der Waals surface area (Å²) in [5, 5.41) is 0.0556. The van der Waals surface area contributed by atoms with Crippen molar-refractivity contribution in [1.82, 2.24) is 4.90 Å². The van der Waals surface area contributed by atoms with Crippen molar-refractivity contribution in [3.8, 4) is 0 Å². The monoisotopic (exact) mass is 146 g/mol. The highest BCUT2D eigenvalue weighted by Crippen LogP contribution is 2.04. The predicted octanol–water partition coefficient (Wildman–Crippen LogP) is 1.97. The number of hydrogen-bond acceptors (Lipinski definition) is 2. The molecule has 0 fully saturated rings. The van der Waals surface area contributed by atoms with Crippen LogP contribution in [0.5, 0.6) is 0 Å². The molecule has 0 spiro atoms. The summed E-state index contributed by atoms with van der Waals surface area (Å²) in [4.78, 5) is 12.5. The highest BCUT2D eigenvalue weighted by Gasteiger charge is 2.05. The molecule has 2 nitrogen and oxygen atoms in total. The molecule has 0 rings (SSSR count). The Hall–Kier alpha value is -0.180. The second-order valence-corrected chi connectivity index (χ2v) is 2.22. The van der Waals surface area contributed by atoms with Crippen LogP contribution >= 0.6 is 11.8 Å². The molecule has 9 heavy (non-hydrogen) atoms. The Morgan fingerprint density at radius 2 is 2.00 bits per heavy atom. The molecule has 0 bridgehead atoms. The SMILES string of the molecule is [CH2]SC(=O)N(CC)CC. The number of carbonyl (C=O) groups excluding carboxylic acids is 1. The lowest BCUT2D eigenvalue weighted by Crippen LogP contribution is -2.26. The van der Waals surface area contributed by atoms with Gasteiger partial charge >= 0.3 is 0 Å². The van der Waals surface area contributed by atoms with Gasteiger partial charge in [-0.3, -0.25) is 4.79 Å². The minimum atomic E-state index is 0.0556. The fourth-order valence-corrected chi connectivity index (χ4v) is 1.01. The van der Waals surface area contributed by atoms with Crippen LogP contribution in [0.1, 0.15) is 13.8 Å². The van der Waals surface area contributed by atoms with Crippen molar-refractivity contribution in [1.29, 1.82) is 0 Å². The molecule has 1 amide bonds. The lowest BCUT2D eigenvalue weighted by molar-refractivity contribution is 0.228. The maximum absolute atomic E-state index is 10.8. The molecule has 53 valence electrons. The summed E-state index contributed by atoms with van der Waals surface area (Å²) in [6, 6.07) is 0. The first kappa shape index (κ1) is 8.82. The molecular weight excluding hydrogens is 134 g/mol. The van der Waals surface area contributed by atoms with Crippen LogP contribution < -0.4 is 0 Å². The standard InChI is InChI=1S/C6H12NOS/c1-4-7(5-2)6(8)9-3/h3-5H2,1-2H3. The molecule has 0 atom stereocenters. The lowest BCUT2D eigenvalue weighted by atomic mass is 10.6. The summed E-state index contributed by atoms with van der Waals surface area (Å²) in [6.45, 7) is 5.46. The van der Waals surface area contributed by atoms with Crippen molar-refractivity contribution in [3.05, 3.63) is 6.26 Å². The quantitative estimate of drug-likeness (QED) is 0.593. The van der Waals surface area contributed by atoms with Gasteiger partial charge in [-0.25, -0.2) is 0 Å². The molecule has 0 aliphatic heterocycles. The molecule has 0 saturated heterocycles. The van der Waals surface area contributed by atoms with Gasteiger partial charge in [-0.1, -0.05) is 11.8 Å². The molecule has 3 heteroatoms. The zero-order valence-electron chi connectivity index (χ0n) is 5.89. The molecule has 0 heterocycles. The van der Waals surface area contributed by atoms with E-state index in [0.29, 0.717) is 0 Å². The van der Waals surface area contributed by atoms with E-state index < -0.39 is 0 Å². The van der Waals surface area contributed by atoms with Crippen LogP contribution in [0, 0.1) is 6.26 Å². The average molecular weight is 146 g/mol. The van der Waals surface area contributed by atoms with Gasteiger partial charge in [0.15, 0.2) is 0 Å². The van der Waals surface area contributed by atoms with Crippen molar-refractivity contribution in [3.63, 3.8) is 0 Å². The van der Waals surface area contributed by atoms with E-state index in [0.717, 1.165) is 24.9 Å². The van der Waals surface area contributed by atoms with E-state index in [1.54, 1.807) is 4.90 Å². The minimum absolute atomic E-state index is 0.0556. The Labute approximate surface area is 60.6 Å². The molecule has 0 saturated carbocycles. The molecule has 0 aliphatic rings. The van der Waals surface area contributed by atoms with Crippen LogP contribution in [0.15, 0.2) is 0 Å². The fourth-order valence-electron chi connectivity index (χ4n) is 0.573. The van der Waals surface area contributed by atoms with Gasteiger partial charge in [0.05, 0.1) is 0 Å². The summed E-state index contributed by atoms with van der Waals surface area (Å²) in [6.07, 6.45) is 3.43. The summed E-state index contributed by atoms with van der Waals surface area (Å²) < 4.78 is 0. The number of carbonyl (C=O) groups is 1. The first-order valence-corrected chi connectivity index (χ1v) is 3.95. The van der Waals surface area contributed by atoms with Gasteiger partial charge in [-0.05, 0) is 13.8 Å². The Bertz CT molecular complexity index is 91.1. The number of hydrogen-bond donors (Lipinski definition) is 0. The van der Waals surface area contributed by atoms with Crippen LogP contribution in [0.2, 0.25) is 0 Å². The summed E-state index contributed by atoms with van der Waals surface area (Å²) >= 11 is 1.02. The van der Waals surface area contributed by atoms with E-state index in [4.69, 9.17) is 0 Å². The van der Waals surface area contributed by atoms with Gasteiger partial charge in [0.2, 0.25) is 0 Å². The van der Waals surface area contributed by atoms with E-state index in [1.807, 2.05) is 13.8 Å². The van der Waals surface area contributed by atoms with E-state index in [-0.39, 0.29) is 5.24 Å². The third-order valence-corrected chi connectivity index (χ3v) is 1.65. The summed E-state index contributed by atoms with van der Waals surface area (Å²) in [5.41, 5.74) is 0. The molecule has 0 aromatic heterocycles. The Kier molecular flexibility index (Phi) is 4.58. The van der Waals surface area contributed by atoms with Crippen molar-refractivity contribution in [2.45, 2.75) is 13.8 Å². The molecule has 0 aromatic rings. The minimum Gasteiger partial charge on any atom is -0.334 e. The van der Waals surface area contributed by atoms with Gasteiger partial charge in [-0.2, -0.15) is 0 Å². The third kappa shape index (κ3) is 2.75. The zero-order valence-corrected chi connectivity index (χ0v) is 6.70. The van der Waals surface area contributed by atoms with E-state index in [1.165, 1.54) is 0 Å². The number of rotatable bonds is 2. The third-order valence-electron chi connectivity index (χ3n) is 1.15. The lowest BCUT2D eigenvalue weighted by Gasteiger charge is -2.15. The van der Waals surface area contributed by atoms with Crippen LogP contribution in [0.3, 0.4) is 0 Å². The van der Waals surface area contributed by atoms with Gasteiger partial charge < -0.3 is 4.90 Å². The molecule has 0 N–H and O–H groups in total. The maximum Gasteiger partial charge on any atom is 0.281 e. The molecule has 0 aliphatic carbocycles. The van der Waals surface area contributed by atoms with Crippen LogP contribution in [0.4, 0.5) is 4.79 Å². The molecule has 0 unspecified atom stereocenters. The van der Waals surface area contributed by atoms with Gasteiger partial charge in [0.25, 0.3) is 5.24 Å². The number of nitrogens with zero attached hydrogens (tertiary/aromatic N) is 1. The second kappa shape index (κ2) is 4.68. The first-order chi connectivity index (χ1) is 4.26. The maximum atomic E-state index is 10.8. The molecule has 0 aromatic carbocycles. The predicted molar refractivity (Wildman–Crippen MR) is 41.3 cm³/mol. The fraction of sp³-hybridized carbons (Fsp3) is 0.667. The van der Waals surface area contributed by atoms with Crippen molar-refractivity contribution in [2.24, 2.45) is 0 Å². The topological polar surface area (TPSA) is 20.3 Å². The largest absolute Gasteiger partial charge is 0.334 e. The Morgan fingerprint density at radius 1 is 1.56 bits per heavy atom. The molecule has 1 radical (unpaired) electrons.